The van der Waals surface area contributed by atoms with E-state index in [-0.39, 0.29) is 5.92 Å². The van der Waals surface area contributed by atoms with Crippen LogP contribution in [0.15, 0.2) is 60.7 Å². The van der Waals surface area contributed by atoms with Crippen LogP contribution in [0.25, 0.3) is 0 Å². The molecule has 0 amide bonds. The van der Waals surface area contributed by atoms with Crippen molar-refractivity contribution < 1.29 is 4.79 Å². The maximum absolute atomic E-state index is 12.3. The molecule has 0 saturated heterocycles. The summed E-state index contributed by atoms with van der Waals surface area (Å²) in [6, 6.07) is 21.2. The molecule has 22 heavy (non-hydrogen) atoms. The molecule has 0 aliphatic heterocycles. The van der Waals surface area contributed by atoms with Crippen LogP contribution >= 0.6 is 0 Å². The minimum absolute atomic E-state index is 0.217. The van der Waals surface area contributed by atoms with Crippen molar-refractivity contribution in [2.75, 3.05) is 0 Å². The number of Topliss-reactive ketones (excluding diaryl/α,β-unsaturated/α-hetero) is 1. The molecule has 0 radical (unpaired) electrons. The van der Waals surface area contributed by atoms with E-state index in [0.29, 0.717) is 17.6 Å². The van der Waals surface area contributed by atoms with Crippen LogP contribution in [-0.4, -0.2) is 5.78 Å². The van der Waals surface area contributed by atoms with Gasteiger partial charge in [0.1, 0.15) is 5.78 Å². The van der Waals surface area contributed by atoms with Gasteiger partial charge in [0, 0.05) is 18.3 Å². The Morgan fingerprint density at radius 3 is 2.05 bits per heavy atom. The lowest BCUT2D eigenvalue weighted by Gasteiger charge is -2.29. The fourth-order valence-electron chi connectivity index (χ4n) is 3.68. The highest BCUT2D eigenvalue weighted by molar-refractivity contribution is 5.81. The predicted molar refractivity (Wildman–Crippen MR) is 90.9 cm³/mol. The zero-order chi connectivity index (χ0) is 15.4. The SMILES string of the molecule is CC1CCC(=O)C(CC(c2ccccc2)c2ccccc2)C1. The predicted octanol–water partition coefficient (Wildman–Crippen LogP) is 5.21. The van der Waals surface area contributed by atoms with Gasteiger partial charge in [-0.25, -0.2) is 0 Å². The summed E-state index contributed by atoms with van der Waals surface area (Å²) >= 11 is 0. The van der Waals surface area contributed by atoms with E-state index in [4.69, 9.17) is 0 Å². The van der Waals surface area contributed by atoms with Crippen LogP contribution in [0.2, 0.25) is 0 Å². The Balaban J connectivity index is 1.87. The molecule has 0 N–H and O–H groups in total. The van der Waals surface area contributed by atoms with E-state index in [9.17, 15) is 4.79 Å². The van der Waals surface area contributed by atoms with Crippen molar-refractivity contribution in [3.8, 4) is 0 Å². The second kappa shape index (κ2) is 6.91. The second-order valence-corrected chi connectivity index (χ2v) is 6.65. The molecule has 3 rings (SSSR count). The van der Waals surface area contributed by atoms with E-state index < -0.39 is 0 Å². The number of carbonyl (C=O) groups excluding carboxylic acids is 1. The fourth-order valence-corrected chi connectivity index (χ4v) is 3.68. The van der Waals surface area contributed by atoms with Gasteiger partial charge < -0.3 is 0 Å². The molecule has 2 aromatic carbocycles. The van der Waals surface area contributed by atoms with Crippen molar-refractivity contribution in [2.24, 2.45) is 11.8 Å². The van der Waals surface area contributed by atoms with E-state index >= 15 is 0 Å². The highest BCUT2D eigenvalue weighted by atomic mass is 16.1. The Morgan fingerprint density at radius 2 is 1.50 bits per heavy atom. The fraction of sp³-hybridized carbons (Fsp3) is 0.381. The monoisotopic (exact) mass is 292 g/mol. The van der Waals surface area contributed by atoms with Gasteiger partial charge in [0.2, 0.25) is 0 Å². The molecule has 2 unspecified atom stereocenters. The summed E-state index contributed by atoms with van der Waals surface area (Å²) in [6.07, 6.45) is 3.82. The molecule has 2 atom stereocenters. The normalized spacial score (nSPS) is 22.0. The zero-order valence-electron chi connectivity index (χ0n) is 13.2. The lowest BCUT2D eigenvalue weighted by molar-refractivity contribution is -0.125. The third-order valence-corrected chi connectivity index (χ3v) is 4.95. The van der Waals surface area contributed by atoms with Crippen molar-refractivity contribution in [3.05, 3.63) is 71.8 Å². The van der Waals surface area contributed by atoms with Gasteiger partial charge in [-0.15, -0.1) is 0 Å². The maximum atomic E-state index is 12.3. The zero-order valence-corrected chi connectivity index (χ0v) is 13.2. The van der Waals surface area contributed by atoms with Gasteiger partial charge in [-0.05, 0) is 36.3 Å². The van der Waals surface area contributed by atoms with E-state index in [1.54, 1.807) is 0 Å². The molecule has 0 heterocycles. The summed E-state index contributed by atoms with van der Waals surface area (Å²) in [4.78, 5) is 12.3. The first kappa shape index (κ1) is 15.0. The highest BCUT2D eigenvalue weighted by Gasteiger charge is 2.29. The molecule has 0 aromatic heterocycles. The Labute approximate surface area is 133 Å². The molecule has 1 fully saturated rings. The van der Waals surface area contributed by atoms with Crippen molar-refractivity contribution in [1.29, 1.82) is 0 Å². The standard InChI is InChI=1S/C21H24O/c1-16-12-13-21(22)19(14-16)15-20(17-8-4-2-5-9-17)18-10-6-3-7-11-18/h2-11,16,19-20H,12-15H2,1H3. The Kier molecular flexibility index (Phi) is 4.72. The molecule has 0 bridgehead atoms. The van der Waals surface area contributed by atoms with Gasteiger partial charge in [0.05, 0.1) is 0 Å². The highest BCUT2D eigenvalue weighted by Crippen LogP contribution is 2.37. The van der Waals surface area contributed by atoms with E-state index in [0.717, 1.165) is 25.7 Å². The smallest absolute Gasteiger partial charge is 0.136 e. The number of hydrogen-bond acceptors (Lipinski definition) is 1. The van der Waals surface area contributed by atoms with Crippen LogP contribution in [0, 0.1) is 11.8 Å². The van der Waals surface area contributed by atoms with Gasteiger partial charge in [-0.3, -0.25) is 4.79 Å². The van der Waals surface area contributed by atoms with Crippen LogP contribution in [0.4, 0.5) is 0 Å². The van der Waals surface area contributed by atoms with Crippen molar-refractivity contribution in [2.45, 2.75) is 38.5 Å². The largest absolute Gasteiger partial charge is 0.299 e. The van der Waals surface area contributed by atoms with E-state index in [2.05, 4.69) is 67.6 Å². The first-order valence-corrected chi connectivity index (χ1v) is 8.36. The van der Waals surface area contributed by atoms with Gasteiger partial charge in [-0.1, -0.05) is 67.6 Å². The summed E-state index contributed by atoms with van der Waals surface area (Å²) in [5.41, 5.74) is 2.64. The topological polar surface area (TPSA) is 17.1 Å². The lowest BCUT2D eigenvalue weighted by Crippen LogP contribution is -2.25. The van der Waals surface area contributed by atoms with Gasteiger partial charge in [0.15, 0.2) is 0 Å². The Hall–Kier alpha value is -1.89. The first-order valence-electron chi connectivity index (χ1n) is 8.36. The number of carbonyl (C=O) groups is 1. The minimum Gasteiger partial charge on any atom is -0.299 e. The van der Waals surface area contributed by atoms with Crippen LogP contribution in [0.1, 0.15) is 49.7 Å². The molecular weight excluding hydrogens is 268 g/mol. The molecule has 1 saturated carbocycles. The number of ketones is 1. The summed E-state index contributed by atoms with van der Waals surface area (Å²) in [5.74, 6) is 1.68. The lowest BCUT2D eigenvalue weighted by atomic mass is 9.74. The van der Waals surface area contributed by atoms with Crippen LogP contribution in [0.5, 0.6) is 0 Å². The van der Waals surface area contributed by atoms with Crippen LogP contribution in [0.3, 0.4) is 0 Å². The summed E-state index contributed by atoms with van der Waals surface area (Å²) in [5, 5.41) is 0. The third kappa shape index (κ3) is 3.47. The molecule has 1 heteroatoms. The van der Waals surface area contributed by atoms with E-state index in [1.165, 1.54) is 11.1 Å². The van der Waals surface area contributed by atoms with Crippen molar-refractivity contribution in [1.82, 2.24) is 0 Å². The molecule has 1 aliphatic rings. The second-order valence-electron chi connectivity index (χ2n) is 6.65. The third-order valence-electron chi connectivity index (χ3n) is 4.95. The molecule has 1 nitrogen and oxygen atoms in total. The molecule has 0 spiro atoms. The van der Waals surface area contributed by atoms with Crippen LogP contribution in [-0.2, 0) is 4.79 Å². The quantitative estimate of drug-likeness (QED) is 0.755. The first-order chi connectivity index (χ1) is 10.7. The Bertz CT molecular complexity index is 563. The van der Waals surface area contributed by atoms with Gasteiger partial charge in [-0.2, -0.15) is 0 Å². The van der Waals surface area contributed by atoms with Gasteiger partial charge >= 0.3 is 0 Å². The number of benzene rings is 2. The number of hydrogen-bond donors (Lipinski definition) is 0. The van der Waals surface area contributed by atoms with Crippen molar-refractivity contribution >= 4 is 5.78 Å². The minimum atomic E-state index is 0.217. The summed E-state index contributed by atoms with van der Waals surface area (Å²) in [7, 11) is 0. The Morgan fingerprint density at radius 1 is 0.955 bits per heavy atom. The van der Waals surface area contributed by atoms with Gasteiger partial charge in [0.25, 0.3) is 0 Å². The maximum Gasteiger partial charge on any atom is 0.136 e. The molecule has 1 aliphatic carbocycles. The summed E-state index contributed by atoms with van der Waals surface area (Å²) in [6.45, 7) is 2.28. The number of rotatable bonds is 4. The van der Waals surface area contributed by atoms with Crippen LogP contribution < -0.4 is 0 Å². The van der Waals surface area contributed by atoms with Crippen molar-refractivity contribution in [3.63, 3.8) is 0 Å². The average Bonchev–Trinajstić information content (AvgIpc) is 2.57. The summed E-state index contributed by atoms with van der Waals surface area (Å²) < 4.78 is 0. The molecular formula is C21H24O. The molecule has 114 valence electrons. The van der Waals surface area contributed by atoms with E-state index in [1.807, 2.05) is 0 Å². The average molecular weight is 292 g/mol. The molecule has 2 aromatic rings.